The van der Waals surface area contributed by atoms with Gasteiger partial charge < -0.3 is 14.2 Å². The molecule has 0 spiro atoms. The van der Waals surface area contributed by atoms with Crippen molar-refractivity contribution >= 4 is 35.0 Å². The molecule has 0 radical (unpaired) electrons. The number of halogens is 2. The number of benzene rings is 2. The number of hydrogen-bond acceptors (Lipinski definition) is 5. The second-order valence-corrected chi connectivity index (χ2v) is 5.96. The van der Waals surface area contributed by atoms with Crippen molar-refractivity contribution in [3.05, 3.63) is 57.6 Å². The van der Waals surface area contributed by atoms with Gasteiger partial charge in [0.1, 0.15) is 0 Å². The van der Waals surface area contributed by atoms with E-state index in [9.17, 15) is 9.59 Å². The van der Waals surface area contributed by atoms with Crippen molar-refractivity contribution in [1.82, 2.24) is 0 Å². The van der Waals surface area contributed by atoms with Crippen molar-refractivity contribution in [1.29, 1.82) is 0 Å². The summed E-state index contributed by atoms with van der Waals surface area (Å²) in [5, 5.41) is 0.714. The van der Waals surface area contributed by atoms with E-state index in [-0.39, 0.29) is 16.4 Å². The molecule has 0 aliphatic carbocycles. The number of methoxy groups -OCH3 is 2. The number of hydrogen-bond donors (Lipinski definition) is 0. The SMILES string of the molecule is COc1cc(C(=O)O[C@H](C)C(=O)c2ccc(Cl)cc2)cc(Cl)c1OC. The van der Waals surface area contributed by atoms with Gasteiger partial charge in [-0.1, -0.05) is 23.2 Å². The summed E-state index contributed by atoms with van der Waals surface area (Å²) in [5.41, 5.74) is 0.549. The summed E-state index contributed by atoms with van der Waals surface area (Å²) < 4.78 is 15.5. The Kier molecular flexibility index (Phi) is 6.28. The van der Waals surface area contributed by atoms with Gasteiger partial charge in [0.25, 0.3) is 0 Å². The van der Waals surface area contributed by atoms with Gasteiger partial charge in [-0.15, -0.1) is 0 Å². The smallest absolute Gasteiger partial charge is 0.339 e. The maximum atomic E-state index is 12.3. The standard InChI is InChI=1S/C18H16Cl2O5/c1-10(16(21)11-4-6-13(19)7-5-11)25-18(22)12-8-14(20)17(24-3)15(9-12)23-2/h4-10H,1-3H3/t10-/m1/s1. The minimum atomic E-state index is -0.972. The van der Waals surface area contributed by atoms with Crippen LogP contribution in [0.4, 0.5) is 0 Å². The van der Waals surface area contributed by atoms with E-state index in [4.69, 9.17) is 37.4 Å². The first-order chi connectivity index (χ1) is 11.9. The van der Waals surface area contributed by atoms with E-state index in [0.29, 0.717) is 22.1 Å². The summed E-state index contributed by atoms with van der Waals surface area (Å²) in [7, 11) is 2.87. The lowest BCUT2D eigenvalue weighted by Crippen LogP contribution is -2.24. The number of carbonyl (C=O) groups is 2. The van der Waals surface area contributed by atoms with Crippen LogP contribution in [0.25, 0.3) is 0 Å². The molecule has 0 N–H and O–H groups in total. The molecule has 7 heteroatoms. The van der Waals surface area contributed by atoms with Crippen molar-refractivity contribution in [3.63, 3.8) is 0 Å². The lowest BCUT2D eigenvalue weighted by atomic mass is 10.1. The largest absolute Gasteiger partial charge is 0.493 e. The Bertz CT molecular complexity index is 787. The molecular weight excluding hydrogens is 367 g/mol. The number of ketones is 1. The van der Waals surface area contributed by atoms with Gasteiger partial charge in [-0.3, -0.25) is 4.79 Å². The molecule has 0 unspecified atom stereocenters. The third kappa shape index (κ3) is 4.44. The average molecular weight is 383 g/mol. The van der Waals surface area contributed by atoms with Crippen LogP contribution in [-0.4, -0.2) is 32.1 Å². The summed E-state index contributed by atoms with van der Waals surface area (Å²) in [6.45, 7) is 1.50. The molecule has 0 saturated heterocycles. The summed E-state index contributed by atoms with van der Waals surface area (Å²) in [6.07, 6.45) is -0.972. The molecular formula is C18H16Cl2O5. The zero-order valence-electron chi connectivity index (χ0n) is 13.8. The van der Waals surface area contributed by atoms with E-state index in [1.165, 1.54) is 33.3 Å². The lowest BCUT2D eigenvalue weighted by Gasteiger charge is -2.14. The molecule has 0 aliphatic rings. The maximum absolute atomic E-state index is 12.3. The van der Waals surface area contributed by atoms with E-state index in [1.807, 2.05) is 0 Å². The summed E-state index contributed by atoms with van der Waals surface area (Å²) >= 11 is 11.9. The minimum absolute atomic E-state index is 0.151. The number of ether oxygens (including phenoxy) is 3. The number of rotatable bonds is 6. The Labute approximate surface area is 155 Å². The van der Waals surface area contributed by atoms with Gasteiger partial charge >= 0.3 is 5.97 Å². The Balaban J connectivity index is 2.17. The van der Waals surface area contributed by atoms with Gasteiger partial charge in [-0.05, 0) is 43.3 Å². The monoisotopic (exact) mass is 382 g/mol. The van der Waals surface area contributed by atoms with Gasteiger partial charge in [-0.2, -0.15) is 0 Å². The Morgan fingerprint density at radius 2 is 1.60 bits per heavy atom. The molecule has 0 saturated carbocycles. The molecule has 0 fully saturated rings. The van der Waals surface area contributed by atoms with Crippen molar-refractivity contribution in [2.24, 2.45) is 0 Å². The molecule has 2 aromatic rings. The third-order valence-corrected chi connectivity index (χ3v) is 3.98. The number of Topliss-reactive ketones (excluding diaryl/α,β-unsaturated/α-hetero) is 1. The molecule has 0 heterocycles. The summed E-state index contributed by atoms with van der Waals surface area (Å²) in [4.78, 5) is 24.6. The Morgan fingerprint density at radius 3 is 2.16 bits per heavy atom. The number of carbonyl (C=O) groups excluding carboxylic acids is 2. The average Bonchev–Trinajstić information content (AvgIpc) is 2.60. The third-order valence-electron chi connectivity index (χ3n) is 3.45. The van der Waals surface area contributed by atoms with Gasteiger partial charge in [-0.25, -0.2) is 4.79 Å². The second kappa shape index (κ2) is 8.23. The Morgan fingerprint density at radius 1 is 0.960 bits per heavy atom. The summed E-state index contributed by atoms with van der Waals surface area (Å²) in [6, 6.07) is 9.16. The normalized spacial score (nSPS) is 11.6. The highest BCUT2D eigenvalue weighted by Crippen LogP contribution is 2.36. The highest BCUT2D eigenvalue weighted by Gasteiger charge is 2.22. The molecule has 5 nitrogen and oxygen atoms in total. The molecule has 0 bridgehead atoms. The van der Waals surface area contributed by atoms with Crippen LogP contribution in [-0.2, 0) is 4.74 Å². The molecule has 0 aromatic heterocycles. The first-order valence-corrected chi connectivity index (χ1v) is 8.05. The first-order valence-electron chi connectivity index (χ1n) is 7.29. The van der Waals surface area contributed by atoms with Crippen LogP contribution in [0.1, 0.15) is 27.6 Å². The zero-order valence-corrected chi connectivity index (χ0v) is 15.4. The van der Waals surface area contributed by atoms with E-state index in [2.05, 4.69) is 0 Å². The van der Waals surface area contributed by atoms with E-state index in [1.54, 1.807) is 24.3 Å². The fraction of sp³-hybridized carbons (Fsp3) is 0.222. The fourth-order valence-electron chi connectivity index (χ4n) is 2.17. The van der Waals surface area contributed by atoms with Crippen molar-refractivity contribution in [2.45, 2.75) is 13.0 Å². The van der Waals surface area contributed by atoms with Gasteiger partial charge in [0.15, 0.2) is 17.6 Å². The van der Waals surface area contributed by atoms with Crippen molar-refractivity contribution in [3.8, 4) is 11.5 Å². The van der Waals surface area contributed by atoms with Gasteiger partial charge in [0, 0.05) is 10.6 Å². The predicted octanol–water partition coefficient (Wildman–Crippen LogP) is 4.44. The van der Waals surface area contributed by atoms with E-state index >= 15 is 0 Å². The maximum Gasteiger partial charge on any atom is 0.339 e. The van der Waals surface area contributed by atoms with Crippen LogP contribution in [0, 0.1) is 0 Å². The Hall–Kier alpha value is -2.24. The number of esters is 1. The molecule has 25 heavy (non-hydrogen) atoms. The molecule has 1 atom stereocenters. The predicted molar refractivity (Wildman–Crippen MR) is 95.2 cm³/mol. The van der Waals surface area contributed by atoms with Crippen molar-refractivity contribution < 1.29 is 23.8 Å². The van der Waals surface area contributed by atoms with Gasteiger partial charge in [0.2, 0.25) is 5.78 Å². The highest BCUT2D eigenvalue weighted by atomic mass is 35.5. The molecule has 0 aliphatic heterocycles. The fourth-order valence-corrected chi connectivity index (χ4v) is 2.58. The molecule has 2 aromatic carbocycles. The zero-order chi connectivity index (χ0) is 18.6. The van der Waals surface area contributed by atoms with Crippen LogP contribution in [0.3, 0.4) is 0 Å². The first kappa shape index (κ1) is 19.1. The van der Waals surface area contributed by atoms with E-state index < -0.39 is 12.1 Å². The lowest BCUT2D eigenvalue weighted by molar-refractivity contribution is 0.0318. The second-order valence-electron chi connectivity index (χ2n) is 5.11. The van der Waals surface area contributed by atoms with Crippen LogP contribution < -0.4 is 9.47 Å². The van der Waals surface area contributed by atoms with Crippen LogP contribution >= 0.6 is 23.2 Å². The highest BCUT2D eigenvalue weighted by molar-refractivity contribution is 6.32. The van der Waals surface area contributed by atoms with Crippen LogP contribution in [0.2, 0.25) is 10.0 Å². The molecule has 132 valence electrons. The van der Waals surface area contributed by atoms with Crippen molar-refractivity contribution in [2.75, 3.05) is 14.2 Å². The quantitative estimate of drug-likeness (QED) is 0.545. The summed E-state index contributed by atoms with van der Waals surface area (Å²) in [5.74, 6) is -0.432. The van der Waals surface area contributed by atoms with E-state index in [0.717, 1.165) is 0 Å². The van der Waals surface area contributed by atoms with Gasteiger partial charge in [0.05, 0.1) is 24.8 Å². The van der Waals surface area contributed by atoms with Crippen LogP contribution in [0.5, 0.6) is 11.5 Å². The minimum Gasteiger partial charge on any atom is -0.493 e. The topological polar surface area (TPSA) is 61.8 Å². The molecule has 0 amide bonds. The van der Waals surface area contributed by atoms with Crippen LogP contribution in [0.15, 0.2) is 36.4 Å². The molecule has 2 rings (SSSR count).